The molecule has 1 saturated heterocycles. The molecule has 1 N–H and O–H groups in total. The molecule has 120 valence electrons. The molecule has 1 aromatic rings. The lowest BCUT2D eigenvalue weighted by molar-refractivity contribution is -0.124. The van der Waals surface area contributed by atoms with Crippen LogP contribution in [-0.4, -0.2) is 50.4 Å². The highest BCUT2D eigenvalue weighted by Gasteiger charge is 2.27. The molecule has 1 aliphatic heterocycles. The summed E-state index contributed by atoms with van der Waals surface area (Å²) >= 11 is 1.38. The standard InChI is InChI=1S/C14H21N5O2S/c1-10-16-17-14(19(10)11-5-3-2-4-6-11)22-9-12(20)18-8-7-15-13(18)21/h11H,2-9H2,1H3,(H,15,21). The Morgan fingerprint density at radius 3 is 2.77 bits per heavy atom. The number of amides is 3. The molecule has 2 fully saturated rings. The van der Waals surface area contributed by atoms with Gasteiger partial charge in [0.15, 0.2) is 5.16 Å². The van der Waals surface area contributed by atoms with E-state index in [9.17, 15) is 9.59 Å². The number of imide groups is 1. The average molecular weight is 323 g/mol. The first-order chi connectivity index (χ1) is 10.7. The quantitative estimate of drug-likeness (QED) is 0.854. The molecular formula is C14H21N5O2S. The normalized spacial score (nSPS) is 19.5. The molecule has 7 nitrogen and oxygen atoms in total. The Kier molecular flexibility index (Phi) is 4.66. The van der Waals surface area contributed by atoms with Gasteiger partial charge in [-0.1, -0.05) is 31.0 Å². The number of carbonyl (C=O) groups is 2. The third kappa shape index (κ3) is 3.11. The number of rotatable bonds is 4. The van der Waals surface area contributed by atoms with Crippen LogP contribution < -0.4 is 5.32 Å². The number of aryl methyl sites for hydroxylation is 1. The zero-order chi connectivity index (χ0) is 15.5. The van der Waals surface area contributed by atoms with Crippen LogP contribution in [0.5, 0.6) is 0 Å². The van der Waals surface area contributed by atoms with E-state index in [1.807, 2.05) is 6.92 Å². The molecule has 1 aromatic heterocycles. The van der Waals surface area contributed by atoms with Gasteiger partial charge in [-0.25, -0.2) is 4.79 Å². The van der Waals surface area contributed by atoms with Crippen molar-refractivity contribution in [2.45, 2.75) is 50.2 Å². The van der Waals surface area contributed by atoms with Gasteiger partial charge < -0.3 is 9.88 Å². The Morgan fingerprint density at radius 2 is 2.09 bits per heavy atom. The fraction of sp³-hybridized carbons (Fsp3) is 0.714. The molecule has 8 heteroatoms. The minimum atomic E-state index is -0.296. The van der Waals surface area contributed by atoms with Crippen molar-refractivity contribution < 1.29 is 9.59 Å². The topological polar surface area (TPSA) is 80.1 Å². The maximum atomic E-state index is 12.1. The van der Waals surface area contributed by atoms with Gasteiger partial charge in [-0.2, -0.15) is 0 Å². The highest BCUT2D eigenvalue weighted by molar-refractivity contribution is 7.99. The number of thioether (sulfide) groups is 1. The van der Waals surface area contributed by atoms with Gasteiger partial charge in [0.25, 0.3) is 0 Å². The maximum Gasteiger partial charge on any atom is 0.324 e. The second kappa shape index (κ2) is 6.68. The lowest BCUT2D eigenvalue weighted by Gasteiger charge is -2.25. The average Bonchev–Trinajstić information content (AvgIpc) is 3.11. The smallest absolute Gasteiger partial charge is 0.324 e. The summed E-state index contributed by atoms with van der Waals surface area (Å²) in [7, 11) is 0. The molecule has 0 spiro atoms. The number of hydrogen-bond donors (Lipinski definition) is 1. The van der Waals surface area contributed by atoms with Crippen molar-refractivity contribution in [3.63, 3.8) is 0 Å². The van der Waals surface area contributed by atoms with Crippen LogP contribution in [0.3, 0.4) is 0 Å². The molecule has 0 bridgehead atoms. The van der Waals surface area contributed by atoms with E-state index in [4.69, 9.17) is 0 Å². The van der Waals surface area contributed by atoms with E-state index >= 15 is 0 Å². The van der Waals surface area contributed by atoms with Crippen molar-refractivity contribution in [3.8, 4) is 0 Å². The van der Waals surface area contributed by atoms with Gasteiger partial charge in [0.05, 0.1) is 5.75 Å². The Balaban J connectivity index is 1.65. The van der Waals surface area contributed by atoms with Crippen LogP contribution in [0.2, 0.25) is 0 Å². The predicted octanol–water partition coefficient (Wildman–Crippen LogP) is 1.74. The molecule has 0 atom stereocenters. The zero-order valence-electron chi connectivity index (χ0n) is 12.7. The van der Waals surface area contributed by atoms with Crippen LogP contribution in [0.25, 0.3) is 0 Å². The summed E-state index contributed by atoms with van der Waals surface area (Å²) in [6.45, 7) is 2.95. The molecule has 2 heterocycles. The minimum absolute atomic E-state index is 0.171. The Hall–Kier alpha value is -1.57. The van der Waals surface area contributed by atoms with Crippen molar-refractivity contribution in [3.05, 3.63) is 5.82 Å². The van der Waals surface area contributed by atoms with Crippen molar-refractivity contribution in [2.75, 3.05) is 18.8 Å². The molecule has 2 aliphatic rings. The second-order valence-corrected chi connectivity index (χ2v) is 6.70. The number of urea groups is 1. The van der Waals surface area contributed by atoms with Gasteiger partial charge in [0.2, 0.25) is 5.91 Å². The van der Waals surface area contributed by atoms with Crippen molar-refractivity contribution in [1.29, 1.82) is 0 Å². The first-order valence-corrected chi connectivity index (χ1v) is 8.78. The number of nitrogens with zero attached hydrogens (tertiary/aromatic N) is 4. The van der Waals surface area contributed by atoms with Gasteiger partial charge in [-0.15, -0.1) is 10.2 Å². The molecule has 1 saturated carbocycles. The summed E-state index contributed by atoms with van der Waals surface area (Å²) in [4.78, 5) is 24.9. The maximum absolute atomic E-state index is 12.1. The van der Waals surface area contributed by atoms with E-state index in [2.05, 4.69) is 20.1 Å². The lowest BCUT2D eigenvalue weighted by atomic mass is 9.95. The molecule has 22 heavy (non-hydrogen) atoms. The minimum Gasteiger partial charge on any atom is -0.336 e. The van der Waals surface area contributed by atoms with Crippen LogP contribution >= 0.6 is 11.8 Å². The van der Waals surface area contributed by atoms with Crippen molar-refractivity contribution in [1.82, 2.24) is 25.0 Å². The van der Waals surface area contributed by atoms with Gasteiger partial charge in [0.1, 0.15) is 5.82 Å². The molecular weight excluding hydrogens is 302 g/mol. The zero-order valence-corrected chi connectivity index (χ0v) is 13.6. The summed E-state index contributed by atoms with van der Waals surface area (Å²) in [5.41, 5.74) is 0. The summed E-state index contributed by atoms with van der Waals surface area (Å²) in [6.07, 6.45) is 6.06. The summed E-state index contributed by atoms with van der Waals surface area (Å²) < 4.78 is 2.17. The fourth-order valence-electron chi connectivity index (χ4n) is 3.12. The predicted molar refractivity (Wildman–Crippen MR) is 82.7 cm³/mol. The summed E-state index contributed by atoms with van der Waals surface area (Å²) in [5, 5.41) is 11.8. The van der Waals surface area contributed by atoms with E-state index in [0.717, 1.165) is 23.8 Å². The van der Waals surface area contributed by atoms with E-state index in [1.54, 1.807) is 0 Å². The third-order valence-corrected chi connectivity index (χ3v) is 5.19. The third-order valence-electron chi connectivity index (χ3n) is 4.26. The summed E-state index contributed by atoms with van der Waals surface area (Å²) in [6, 6.07) is 0.145. The highest BCUT2D eigenvalue weighted by Crippen LogP contribution is 2.32. The lowest BCUT2D eigenvalue weighted by Crippen LogP contribution is -2.35. The van der Waals surface area contributed by atoms with E-state index < -0.39 is 0 Å². The van der Waals surface area contributed by atoms with Crippen LogP contribution in [0.4, 0.5) is 4.79 Å². The molecule has 3 amide bonds. The molecule has 1 aliphatic carbocycles. The van der Waals surface area contributed by atoms with Gasteiger partial charge in [0, 0.05) is 19.1 Å². The fourth-order valence-corrected chi connectivity index (χ4v) is 4.05. The molecule has 0 aromatic carbocycles. The number of carbonyl (C=O) groups excluding carboxylic acids is 2. The Bertz CT molecular complexity index is 568. The Labute approximate surface area is 133 Å². The monoisotopic (exact) mass is 323 g/mol. The largest absolute Gasteiger partial charge is 0.336 e. The Morgan fingerprint density at radius 1 is 1.32 bits per heavy atom. The van der Waals surface area contributed by atoms with Crippen LogP contribution in [0, 0.1) is 6.92 Å². The van der Waals surface area contributed by atoms with Crippen molar-refractivity contribution in [2.24, 2.45) is 0 Å². The van der Waals surface area contributed by atoms with Gasteiger partial charge in [-0.3, -0.25) is 9.69 Å². The molecule has 0 unspecified atom stereocenters. The first kappa shape index (κ1) is 15.3. The van der Waals surface area contributed by atoms with E-state index in [1.165, 1.54) is 35.9 Å². The molecule has 0 radical (unpaired) electrons. The van der Waals surface area contributed by atoms with Gasteiger partial charge in [-0.05, 0) is 19.8 Å². The molecule has 3 rings (SSSR count). The SMILES string of the molecule is Cc1nnc(SCC(=O)N2CCNC2=O)n1C1CCCCC1. The van der Waals surface area contributed by atoms with Gasteiger partial charge >= 0.3 is 6.03 Å². The van der Waals surface area contributed by atoms with Crippen LogP contribution in [0.15, 0.2) is 5.16 Å². The van der Waals surface area contributed by atoms with Crippen LogP contribution in [-0.2, 0) is 4.79 Å². The van der Waals surface area contributed by atoms with E-state index in [-0.39, 0.29) is 17.7 Å². The first-order valence-electron chi connectivity index (χ1n) is 7.79. The summed E-state index contributed by atoms with van der Waals surface area (Å²) in [5.74, 6) is 0.953. The number of nitrogens with one attached hydrogen (secondary N) is 1. The van der Waals surface area contributed by atoms with E-state index in [0.29, 0.717) is 19.1 Å². The van der Waals surface area contributed by atoms with Crippen LogP contribution in [0.1, 0.15) is 44.0 Å². The second-order valence-electron chi connectivity index (χ2n) is 5.76. The number of hydrogen-bond acceptors (Lipinski definition) is 5. The highest BCUT2D eigenvalue weighted by atomic mass is 32.2. The van der Waals surface area contributed by atoms with Crippen molar-refractivity contribution >= 4 is 23.7 Å². The number of aromatic nitrogens is 3.